The van der Waals surface area contributed by atoms with Crippen molar-refractivity contribution in [2.24, 2.45) is 28.1 Å². The van der Waals surface area contributed by atoms with Gasteiger partial charge in [0.25, 0.3) is 0 Å². The van der Waals surface area contributed by atoms with Gasteiger partial charge in [0.1, 0.15) is 12.4 Å². The van der Waals surface area contributed by atoms with Crippen LogP contribution in [0.4, 0.5) is 0 Å². The fourth-order valence-electron chi connectivity index (χ4n) is 9.43. The predicted octanol–water partition coefficient (Wildman–Crippen LogP) is 3.98. The van der Waals surface area contributed by atoms with Gasteiger partial charge in [0, 0.05) is 17.9 Å². The van der Waals surface area contributed by atoms with Crippen molar-refractivity contribution >= 4 is 18.2 Å². The predicted molar refractivity (Wildman–Crippen MR) is 143 cm³/mol. The molecule has 4 aliphatic rings. The van der Waals surface area contributed by atoms with E-state index in [2.05, 4.69) is 6.92 Å². The van der Waals surface area contributed by atoms with Crippen molar-refractivity contribution < 1.29 is 38.9 Å². The molecule has 4 fully saturated rings. The van der Waals surface area contributed by atoms with E-state index >= 15 is 0 Å². The number of carboxylic acids is 1. The first-order chi connectivity index (χ1) is 18.7. The lowest BCUT2D eigenvalue weighted by molar-refractivity contribution is -0.248. The van der Waals surface area contributed by atoms with Crippen LogP contribution < -0.4 is 5.63 Å². The maximum atomic E-state index is 12.9. The summed E-state index contributed by atoms with van der Waals surface area (Å²) in [7, 11) is 0. The molecule has 5 rings (SSSR count). The number of esters is 1. The molecule has 9 heteroatoms. The Balaban J connectivity index is 1.34. The van der Waals surface area contributed by atoms with Gasteiger partial charge < -0.3 is 29.3 Å². The fraction of sp³-hybridized carbons (Fsp3) is 0.742. The molecule has 1 aromatic rings. The Morgan fingerprint density at radius 3 is 2.42 bits per heavy atom. The zero-order chi connectivity index (χ0) is 29.1. The van der Waals surface area contributed by atoms with Gasteiger partial charge in [-0.3, -0.25) is 9.59 Å². The normalized spacial score (nSPS) is 40.8. The minimum absolute atomic E-state index is 0.0244. The Labute approximate surface area is 234 Å². The summed E-state index contributed by atoms with van der Waals surface area (Å²) in [5.41, 5.74) is -4.11. The molecule has 0 spiro atoms. The van der Waals surface area contributed by atoms with Gasteiger partial charge in [-0.2, -0.15) is 0 Å². The van der Waals surface area contributed by atoms with Crippen LogP contribution in [0.5, 0.6) is 0 Å². The third kappa shape index (κ3) is 4.44. The van der Waals surface area contributed by atoms with Gasteiger partial charge in [0.15, 0.2) is 0 Å². The number of hydrogen-bond acceptors (Lipinski definition) is 8. The lowest BCUT2D eigenvalue weighted by Gasteiger charge is -2.65. The topological polar surface area (TPSA) is 151 Å². The van der Waals surface area contributed by atoms with Gasteiger partial charge in [0.2, 0.25) is 0 Å². The number of ether oxygens (including phenoxy) is 1. The summed E-state index contributed by atoms with van der Waals surface area (Å²) in [5, 5.41) is 33.5. The Hall–Kier alpha value is -2.52. The number of carbonyl (C=O) groups is 3. The molecule has 0 amide bonds. The molecule has 0 unspecified atom stereocenters. The molecule has 0 bridgehead atoms. The van der Waals surface area contributed by atoms with Crippen LogP contribution in [-0.4, -0.2) is 50.9 Å². The zero-order valence-corrected chi connectivity index (χ0v) is 23.7. The summed E-state index contributed by atoms with van der Waals surface area (Å²) in [5.74, 6) is -1.81. The van der Waals surface area contributed by atoms with Crippen LogP contribution in [0.25, 0.3) is 0 Å². The van der Waals surface area contributed by atoms with Crippen molar-refractivity contribution in [2.75, 3.05) is 0 Å². The van der Waals surface area contributed by atoms with Crippen molar-refractivity contribution in [3.63, 3.8) is 0 Å². The Morgan fingerprint density at radius 1 is 1.05 bits per heavy atom. The van der Waals surface area contributed by atoms with Crippen molar-refractivity contribution in [2.45, 2.75) is 115 Å². The molecule has 220 valence electrons. The molecule has 4 aliphatic carbocycles. The number of carboxylic acid groups (broad SMARTS) is 1. The third-order valence-corrected chi connectivity index (χ3v) is 11.4. The maximum absolute atomic E-state index is 12.9. The summed E-state index contributed by atoms with van der Waals surface area (Å²) in [6, 6.07) is 3.21. The van der Waals surface area contributed by atoms with Crippen LogP contribution in [0.3, 0.4) is 0 Å². The fourth-order valence-corrected chi connectivity index (χ4v) is 9.43. The van der Waals surface area contributed by atoms with Crippen LogP contribution in [0.2, 0.25) is 0 Å². The van der Waals surface area contributed by atoms with Crippen LogP contribution in [0, 0.1) is 28.1 Å². The van der Waals surface area contributed by atoms with E-state index in [-0.39, 0.29) is 37.0 Å². The number of hydrogen-bond donors (Lipinski definition) is 3. The second kappa shape index (κ2) is 9.79. The van der Waals surface area contributed by atoms with Gasteiger partial charge >= 0.3 is 17.6 Å². The van der Waals surface area contributed by atoms with Crippen molar-refractivity contribution in [3.8, 4) is 0 Å². The Morgan fingerprint density at radius 2 is 1.77 bits per heavy atom. The van der Waals surface area contributed by atoms with Gasteiger partial charge in [-0.25, -0.2) is 4.79 Å². The number of fused-ring (bicyclic) bond motifs is 5. The molecular weight excluding hydrogens is 516 g/mol. The number of aliphatic carboxylic acids is 1. The van der Waals surface area contributed by atoms with E-state index in [4.69, 9.17) is 14.3 Å². The second-order valence-corrected chi connectivity index (χ2v) is 14.1. The van der Waals surface area contributed by atoms with E-state index in [1.54, 1.807) is 19.9 Å². The molecule has 0 saturated heterocycles. The van der Waals surface area contributed by atoms with E-state index in [1.807, 2.05) is 0 Å². The summed E-state index contributed by atoms with van der Waals surface area (Å²) in [6.45, 7) is 5.53. The monoisotopic (exact) mass is 558 g/mol. The highest BCUT2D eigenvalue weighted by molar-refractivity contribution is 5.73. The average molecular weight is 559 g/mol. The van der Waals surface area contributed by atoms with E-state index < -0.39 is 51.1 Å². The van der Waals surface area contributed by atoms with E-state index in [0.29, 0.717) is 44.9 Å². The van der Waals surface area contributed by atoms with E-state index in [1.165, 1.54) is 12.3 Å². The van der Waals surface area contributed by atoms with Gasteiger partial charge in [-0.15, -0.1) is 0 Å². The first kappa shape index (κ1) is 29.0. The Bertz CT molecular complexity index is 1220. The summed E-state index contributed by atoms with van der Waals surface area (Å²) in [6.07, 6.45) is 6.20. The first-order valence-electron chi connectivity index (χ1n) is 14.6. The van der Waals surface area contributed by atoms with Gasteiger partial charge in [0.05, 0.1) is 35.7 Å². The molecule has 4 saturated carbocycles. The summed E-state index contributed by atoms with van der Waals surface area (Å²) < 4.78 is 10.9. The second-order valence-electron chi connectivity index (χ2n) is 14.1. The summed E-state index contributed by atoms with van der Waals surface area (Å²) in [4.78, 5) is 48.3. The van der Waals surface area contributed by atoms with Crippen molar-refractivity contribution in [1.29, 1.82) is 0 Å². The first-order valence-corrected chi connectivity index (χ1v) is 14.6. The van der Waals surface area contributed by atoms with Gasteiger partial charge in [-0.05, 0) is 86.2 Å². The number of aldehydes is 1. The van der Waals surface area contributed by atoms with Crippen LogP contribution in [0.1, 0.15) is 103 Å². The van der Waals surface area contributed by atoms with E-state index in [0.717, 1.165) is 18.3 Å². The molecule has 9 nitrogen and oxygen atoms in total. The highest BCUT2D eigenvalue weighted by atomic mass is 16.5. The lowest BCUT2D eigenvalue weighted by Crippen LogP contribution is -2.68. The zero-order valence-electron chi connectivity index (χ0n) is 23.7. The van der Waals surface area contributed by atoms with E-state index in [9.17, 15) is 29.4 Å². The number of carbonyl (C=O) groups excluding carboxylic acids is 2. The van der Waals surface area contributed by atoms with Crippen LogP contribution >= 0.6 is 0 Å². The van der Waals surface area contributed by atoms with Crippen molar-refractivity contribution in [3.05, 3.63) is 34.4 Å². The minimum atomic E-state index is -1.35. The lowest BCUT2D eigenvalue weighted by atomic mass is 9.41. The van der Waals surface area contributed by atoms with Crippen LogP contribution in [0.15, 0.2) is 27.6 Å². The molecule has 0 aromatic carbocycles. The largest absolute Gasteiger partial charge is 0.481 e. The molecular formula is C31H42O9. The molecule has 0 radical (unpaired) electrons. The molecule has 1 heterocycles. The molecule has 1 aromatic heterocycles. The standard InChI is InChI=1S/C31H42O9/c1-27(2,15-24(33)34)16-26(36)40-20-6-11-29(18-32)22-7-10-28(3)21(19-4-5-25(35)39-17-19)9-13-31(28,38)23(22)8-12-30(29,37)14-20/h4-5,17-18,20-23,37-38H,6-16H2,1-3H3,(H,33,34)/t20-,21+,22-,23+,28+,29-,30-,31-/m0/s1. The average Bonchev–Trinajstić information content (AvgIpc) is 3.13. The number of aliphatic hydroxyl groups is 2. The molecule has 40 heavy (non-hydrogen) atoms. The SMILES string of the molecule is CC(C)(CC(=O)O)CC(=O)O[C@H]1CC[C@]2(C=O)[C@H]3CC[C@]4(C)[C@@H](c5ccc(=O)oc5)CC[C@]4(O)[C@@H]3CC[C@]2(O)C1. The van der Waals surface area contributed by atoms with Crippen molar-refractivity contribution in [1.82, 2.24) is 0 Å². The maximum Gasteiger partial charge on any atom is 0.335 e. The van der Waals surface area contributed by atoms with Gasteiger partial charge in [-0.1, -0.05) is 20.8 Å². The molecule has 8 atom stereocenters. The minimum Gasteiger partial charge on any atom is -0.481 e. The van der Waals surface area contributed by atoms with Crippen LogP contribution in [-0.2, 0) is 19.1 Å². The third-order valence-electron chi connectivity index (χ3n) is 11.4. The molecule has 0 aliphatic heterocycles. The summed E-state index contributed by atoms with van der Waals surface area (Å²) >= 11 is 0. The molecule has 3 N–H and O–H groups in total. The highest BCUT2D eigenvalue weighted by Crippen LogP contribution is 2.71. The number of rotatable bonds is 7. The smallest absolute Gasteiger partial charge is 0.335 e. The Kier molecular flexibility index (Phi) is 7.10. The quantitative estimate of drug-likeness (QED) is 0.333. The highest BCUT2D eigenvalue weighted by Gasteiger charge is 2.71.